The van der Waals surface area contributed by atoms with Crippen LogP contribution in [0, 0.1) is 5.82 Å². The fraction of sp³-hybridized carbons (Fsp3) is 0.667. The number of hydrogen-bond donors (Lipinski definition) is 2. The first-order valence-corrected chi connectivity index (χ1v) is 10.4. The molecule has 1 atom stereocenters. The molecule has 2 amide bonds. The summed E-state index contributed by atoms with van der Waals surface area (Å²) in [7, 11) is 1.46. The highest BCUT2D eigenvalue weighted by Gasteiger charge is 2.36. The van der Waals surface area contributed by atoms with Crippen molar-refractivity contribution in [1.29, 1.82) is 0 Å². The number of pyridine rings is 1. The molecule has 3 rings (SSSR count). The SMILES string of the molecule is COc1nc(NC2CCC2)c(F)cc1CNC(=O)C1CCCN1C(=O)OC(C)(C)C. The molecule has 2 N–H and O–H groups in total. The van der Waals surface area contributed by atoms with E-state index < -0.39 is 23.6 Å². The molecule has 8 nitrogen and oxygen atoms in total. The van der Waals surface area contributed by atoms with Gasteiger partial charge in [0.05, 0.1) is 7.11 Å². The minimum absolute atomic E-state index is 0.0499. The van der Waals surface area contributed by atoms with E-state index in [9.17, 15) is 14.0 Å². The van der Waals surface area contributed by atoms with Crippen molar-refractivity contribution in [3.8, 4) is 5.88 Å². The summed E-state index contributed by atoms with van der Waals surface area (Å²) in [6, 6.07) is 0.958. The van der Waals surface area contributed by atoms with Crippen LogP contribution in [0.3, 0.4) is 0 Å². The molecule has 1 aromatic heterocycles. The van der Waals surface area contributed by atoms with Crippen LogP contribution in [0.4, 0.5) is 15.0 Å². The standard InChI is InChI=1S/C21H31FN4O4/c1-21(2,3)30-20(28)26-10-6-9-16(26)18(27)23-12-13-11-15(22)17(25-19(13)29-4)24-14-7-5-8-14/h11,14,16H,5-10,12H2,1-4H3,(H,23,27)(H,24,25). The first-order valence-electron chi connectivity index (χ1n) is 10.4. The van der Waals surface area contributed by atoms with Gasteiger partial charge in [0.2, 0.25) is 11.8 Å². The number of hydrogen-bond acceptors (Lipinski definition) is 6. The number of nitrogens with one attached hydrogen (secondary N) is 2. The topological polar surface area (TPSA) is 92.8 Å². The maximum atomic E-state index is 14.5. The van der Waals surface area contributed by atoms with Crippen LogP contribution in [-0.4, -0.2) is 53.2 Å². The third-order valence-corrected chi connectivity index (χ3v) is 5.29. The molecule has 166 valence electrons. The molecule has 1 unspecified atom stereocenters. The summed E-state index contributed by atoms with van der Waals surface area (Å²) in [5.74, 6) is -0.367. The summed E-state index contributed by atoms with van der Waals surface area (Å²) in [5.41, 5.74) is -0.198. The highest BCUT2D eigenvalue weighted by atomic mass is 19.1. The predicted octanol–water partition coefficient (Wildman–Crippen LogP) is 3.21. The summed E-state index contributed by atoms with van der Waals surface area (Å²) in [4.78, 5) is 30.8. The van der Waals surface area contributed by atoms with Crippen LogP contribution >= 0.6 is 0 Å². The Labute approximate surface area is 176 Å². The number of anilines is 1. The quantitative estimate of drug-likeness (QED) is 0.731. The van der Waals surface area contributed by atoms with Crippen molar-refractivity contribution in [2.24, 2.45) is 0 Å². The van der Waals surface area contributed by atoms with Gasteiger partial charge in [-0.15, -0.1) is 0 Å². The first kappa shape index (κ1) is 22.1. The van der Waals surface area contributed by atoms with Gasteiger partial charge in [-0.2, -0.15) is 4.98 Å². The minimum atomic E-state index is -0.632. The molecule has 1 saturated heterocycles. The lowest BCUT2D eigenvalue weighted by Gasteiger charge is -2.28. The van der Waals surface area contributed by atoms with E-state index in [4.69, 9.17) is 9.47 Å². The molecule has 2 fully saturated rings. The lowest BCUT2D eigenvalue weighted by molar-refractivity contribution is -0.125. The molecule has 1 aromatic rings. The summed E-state index contributed by atoms with van der Waals surface area (Å²) in [6.07, 6.45) is 3.89. The molecule has 9 heteroatoms. The number of likely N-dealkylation sites (tertiary alicyclic amines) is 1. The smallest absolute Gasteiger partial charge is 0.410 e. The van der Waals surface area contributed by atoms with Crippen LogP contribution in [0.1, 0.15) is 58.4 Å². The molecule has 30 heavy (non-hydrogen) atoms. The number of aromatic nitrogens is 1. The van der Waals surface area contributed by atoms with Gasteiger partial charge in [-0.05, 0) is 58.9 Å². The summed E-state index contributed by atoms with van der Waals surface area (Å²) in [6.45, 7) is 5.87. The fourth-order valence-corrected chi connectivity index (χ4v) is 3.54. The molecule has 2 aliphatic rings. The van der Waals surface area contributed by atoms with Crippen LogP contribution in [-0.2, 0) is 16.1 Å². The second-order valence-corrected chi connectivity index (χ2v) is 8.81. The van der Waals surface area contributed by atoms with Gasteiger partial charge in [0.15, 0.2) is 11.6 Å². The zero-order valence-electron chi connectivity index (χ0n) is 18.1. The molecule has 0 aromatic carbocycles. The lowest BCUT2D eigenvalue weighted by Crippen LogP contribution is -2.47. The van der Waals surface area contributed by atoms with E-state index in [1.54, 1.807) is 20.8 Å². The maximum absolute atomic E-state index is 14.5. The molecular weight excluding hydrogens is 391 g/mol. The van der Waals surface area contributed by atoms with E-state index in [2.05, 4.69) is 15.6 Å². The number of methoxy groups -OCH3 is 1. The Bertz CT molecular complexity index is 792. The Morgan fingerprint density at radius 2 is 2.00 bits per heavy atom. The normalized spacial score (nSPS) is 19.2. The Kier molecular flexibility index (Phi) is 6.67. The van der Waals surface area contributed by atoms with E-state index in [-0.39, 0.29) is 30.2 Å². The van der Waals surface area contributed by atoms with Crippen molar-refractivity contribution in [3.05, 3.63) is 17.4 Å². The average Bonchev–Trinajstić information content (AvgIpc) is 3.12. The second kappa shape index (κ2) is 9.06. The Balaban J connectivity index is 1.63. The molecular formula is C21H31FN4O4. The van der Waals surface area contributed by atoms with Crippen LogP contribution < -0.4 is 15.4 Å². The third kappa shape index (κ3) is 5.31. The Morgan fingerprint density at radius 3 is 2.60 bits per heavy atom. The average molecular weight is 423 g/mol. The van der Waals surface area contributed by atoms with Gasteiger partial charge in [-0.1, -0.05) is 0 Å². The highest BCUT2D eigenvalue weighted by Crippen LogP contribution is 2.27. The minimum Gasteiger partial charge on any atom is -0.481 e. The number of carbonyl (C=O) groups is 2. The van der Waals surface area contributed by atoms with Gasteiger partial charge in [-0.25, -0.2) is 9.18 Å². The van der Waals surface area contributed by atoms with Gasteiger partial charge in [-0.3, -0.25) is 9.69 Å². The van der Waals surface area contributed by atoms with Crippen molar-refractivity contribution in [1.82, 2.24) is 15.2 Å². The number of ether oxygens (including phenoxy) is 2. The third-order valence-electron chi connectivity index (χ3n) is 5.29. The Morgan fingerprint density at radius 1 is 1.27 bits per heavy atom. The van der Waals surface area contributed by atoms with Crippen molar-refractivity contribution in [2.45, 2.75) is 77.1 Å². The van der Waals surface area contributed by atoms with Crippen molar-refractivity contribution in [3.63, 3.8) is 0 Å². The lowest BCUT2D eigenvalue weighted by atomic mass is 9.93. The molecule has 2 heterocycles. The second-order valence-electron chi connectivity index (χ2n) is 8.81. The largest absolute Gasteiger partial charge is 0.481 e. The summed E-state index contributed by atoms with van der Waals surface area (Å²) >= 11 is 0. The number of halogens is 1. The predicted molar refractivity (Wildman–Crippen MR) is 110 cm³/mol. The molecule has 1 aliphatic heterocycles. The number of carbonyl (C=O) groups excluding carboxylic acids is 2. The molecule has 0 bridgehead atoms. The molecule has 1 aliphatic carbocycles. The maximum Gasteiger partial charge on any atom is 0.410 e. The molecule has 0 radical (unpaired) electrons. The molecule has 0 spiro atoms. The van der Waals surface area contributed by atoms with Crippen molar-refractivity contribution < 1.29 is 23.5 Å². The Hall–Kier alpha value is -2.58. The zero-order chi connectivity index (χ0) is 21.9. The number of amides is 2. The van der Waals surface area contributed by atoms with Crippen molar-refractivity contribution >= 4 is 17.8 Å². The van der Waals surface area contributed by atoms with Crippen LogP contribution in [0.25, 0.3) is 0 Å². The van der Waals surface area contributed by atoms with Gasteiger partial charge in [0.25, 0.3) is 0 Å². The highest BCUT2D eigenvalue weighted by molar-refractivity contribution is 5.86. The van der Waals surface area contributed by atoms with Gasteiger partial charge in [0, 0.05) is 24.7 Å². The fourth-order valence-electron chi connectivity index (χ4n) is 3.54. The van der Waals surface area contributed by atoms with Gasteiger partial charge in [0.1, 0.15) is 11.6 Å². The summed E-state index contributed by atoms with van der Waals surface area (Å²) in [5, 5.41) is 5.86. The van der Waals surface area contributed by atoms with E-state index in [1.807, 2.05) is 0 Å². The van der Waals surface area contributed by atoms with Crippen molar-refractivity contribution in [2.75, 3.05) is 19.0 Å². The number of rotatable bonds is 6. The van der Waals surface area contributed by atoms with Crippen LogP contribution in [0.2, 0.25) is 0 Å². The summed E-state index contributed by atoms with van der Waals surface area (Å²) < 4.78 is 25.2. The molecule has 1 saturated carbocycles. The van der Waals surface area contributed by atoms with E-state index >= 15 is 0 Å². The van der Waals surface area contributed by atoms with Gasteiger partial charge >= 0.3 is 6.09 Å². The van der Waals surface area contributed by atoms with Crippen LogP contribution in [0.5, 0.6) is 5.88 Å². The monoisotopic (exact) mass is 422 g/mol. The van der Waals surface area contributed by atoms with Crippen LogP contribution in [0.15, 0.2) is 6.07 Å². The number of nitrogens with zero attached hydrogens (tertiary/aromatic N) is 2. The van der Waals surface area contributed by atoms with E-state index in [1.165, 1.54) is 18.1 Å². The van der Waals surface area contributed by atoms with E-state index in [0.29, 0.717) is 18.5 Å². The van der Waals surface area contributed by atoms with Gasteiger partial charge < -0.3 is 20.1 Å². The van der Waals surface area contributed by atoms with E-state index in [0.717, 1.165) is 25.7 Å². The first-order chi connectivity index (χ1) is 14.2. The zero-order valence-corrected chi connectivity index (χ0v) is 18.1.